The van der Waals surface area contributed by atoms with E-state index in [-0.39, 0.29) is 6.04 Å². The van der Waals surface area contributed by atoms with E-state index in [0.717, 1.165) is 26.7 Å². The van der Waals surface area contributed by atoms with Crippen LogP contribution in [0.4, 0.5) is 5.82 Å². The van der Waals surface area contributed by atoms with Gasteiger partial charge in [0.2, 0.25) is 0 Å². The van der Waals surface area contributed by atoms with Gasteiger partial charge in [-0.25, -0.2) is 15.0 Å². The monoisotopic (exact) mass is 290 g/mol. The molecule has 1 N–H and O–H groups in total. The summed E-state index contributed by atoms with van der Waals surface area (Å²) in [6, 6.07) is 2.21. The van der Waals surface area contributed by atoms with Crippen LogP contribution in [-0.2, 0) is 0 Å². The molecule has 0 spiro atoms. The zero-order chi connectivity index (χ0) is 13.4. The van der Waals surface area contributed by atoms with Gasteiger partial charge in [0, 0.05) is 4.88 Å². The smallest absolute Gasteiger partial charge is 0.147 e. The molecule has 0 bridgehead atoms. The van der Waals surface area contributed by atoms with E-state index in [1.165, 1.54) is 4.88 Å². The third-order valence-electron chi connectivity index (χ3n) is 2.93. The van der Waals surface area contributed by atoms with Crippen LogP contribution in [0.25, 0.3) is 10.2 Å². The lowest BCUT2D eigenvalue weighted by Crippen LogP contribution is -2.07. The maximum absolute atomic E-state index is 4.47. The molecule has 4 nitrogen and oxygen atoms in total. The third kappa shape index (κ3) is 2.33. The summed E-state index contributed by atoms with van der Waals surface area (Å²) in [5.41, 5.74) is 2.09. The molecule has 3 heterocycles. The van der Waals surface area contributed by atoms with E-state index in [4.69, 9.17) is 0 Å². The number of aryl methyl sites for hydroxylation is 2. The van der Waals surface area contributed by atoms with Gasteiger partial charge in [-0.15, -0.1) is 22.7 Å². The van der Waals surface area contributed by atoms with Crippen LogP contribution < -0.4 is 5.32 Å². The number of rotatable bonds is 3. The van der Waals surface area contributed by atoms with Gasteiger partial charge in [0.05, 0.1) is 27.0 Å². The Bertz CT molecular complexity index is 716. The molecule has 19 heavy (non-hydrogen) atoms. The molecule has 3 aromatic rings. The molecule has 0 fully saturated rings. The van der Waals surface area contributed by atoms with Crippen LogP contribution in [0.3, 0.4) is 0 Å². The number of aromatic nitrogens is 3. The molecule has 0 aliphatic heterocycles. The van der Waals surface area contributed by atoms with Crippen LogP contribution >= 0.6 is 22.7 Å². The first-order chi connectivity index (χ1) is 9.15. The van der Waals surface area contributed by atoms with Crippen molar-refractivity contribution in [2.75, 3.05) is 5.32 Å². The van der Waals surface area contributed by atoms with Crippen molar-refractivity contribution in [3.63, 3.8) is 0 Å². The van der Waals surface area contributed by atoms with E-state index in [2.05, 4.69) is 34.1 Å². The number of thiophene rings is 1. The molecule has 0 radical (unpaired) electrons. The molecular weight excluding hydrogens is 276 g/mol. The summed E-state index contributed by atoms with van der Waals surface area (Å²) < 4.78 is 1.10. The van der Waals surface area contributed by atoms with Gasteiger partial charge < -0.3 is 5.32 Å². The largest absolute Gasteiger partial charge is 0.361 e. The molecule has 3 rings (SSSR count). The Morgan fingerprint density at radius 3 is 2.84 bits per heavy atom. The second-order valence-corrected chi connectivity index (χ2v) is 6.56. The van der Waals surface area contributed by atoms with Crippen molar-refractivity contribution in [3.05, 3.63) is 33.4 Å². The van der Waals surface area contributed by atoms with Gasteiger partial charge in [-0.3, -0.25) is 0 Å². The van der Waals surface area contributed by atoms with E-state index in [0.29, 0.717) is 0 Å². The molecule has 0 amide bonds. The van der Waals surface area contributed by atoms with Crippen LogP contribution in [0.5, 0.6) is 0 Å². The molecule has 1 atom stereocenters. The van der Waals surface area contributed by atoms with E-state index in [9.17, 15) is 0 Å². The molecule has 0 aliphatic carbocycles. The van der Waals surface area contributed by atoms with Crippen molar-refractivity contribution in [2.24, 2.45) is 0 Å². The fourth-order valence-electron chi connectivity index (χ4n) is 2.11. The Morgan fingerprint density at radius 1 is 1.26 bits per heavy atom. The van der Waals surface area contributed by atoms with Crippen molar-refractivity contribution in [2.45, 2.75) is 26.8 Å². The predicted octanol–water partition coefficient (Wildman–Crippen LogP) is 3.94. The van der Waals surface area contributed by atoms with Gasteiger partial charge in [0.15, 0.2) is 0 Å². The lowest BCUT2D eigenvalue weighted by atomic mass is 10.2. The lowest BCUT2D eigenvalue weighted by Gasteiger charge is -2.13. The number of thiazole rings is 1. The summed E-state index contributed by atoms with van der Waals surface area (Å²) in [7, 11) is 0. The minimum atomic E-state index is 0.200. The highest BCUT2D eigenvalue weighted by Gasteiger charge is 2.15. The maximum atomic E-state index is 4.47. The van der Waals surface area contributed by atoms with Gasteiger partial charge >= 0.3 is 0 Å². The Hall–Kier alpha value is -1.53. The standard InChI is InChI=1S/C13H14N4S2/c1-7-11(19-9(3)16-7)8(2)17-13-12-10(4-5-18-12)14-6-15-13/h4-6,8H,1-3H3,(H,14,15,17). The van der Waals surface area contributed by atoms with E-state index < -0.39 is 0 Å². The number of anilines is 1. The fourth-order valence-corrected chi connectivity index (χ4v) is 3.84. The van der Waals surface area contributed by atoms with Gasteiger partial charge in [0.1, 0.15) is 12.1 Å². The Kier molecular flexibility index (Phi) is 3.20. The van der Waals surface area contributed by atoms with Crippen LogP contribution in [0.1, 0.15) is 28.5 Å². The molecule has 0 saturated carbocycles. The second-order valence-electron chi connectivity index (χ2n) is 4.41. The average Bonchev–Trinajstić information content (AvgIpc) is 2.96. The van der Waals surface area contributed by atoms with Gasteiger partial charge in [-0.05, 0) is 32.2 Å². The van der Waals surface area contributed by atoms with E-state index in [1.807, 2.05) is 18.4 Å². The van der Waals surface area contributed by atoms with Crippen molar-refractivity contribution < 1.29 is 0 Å². The van der Waals surface area contributed by atoms with Crippen molar-refractivity contribution in [3.8, 4) is 0 Å². The first-order valence-electron chi connectivity index (χ1n) is 6.04. The van der Waals surface area contributed by atoms with Crippen LogP contribution in [-0.4, -0.2) is 15.0 Å². The molecule has 0 aliphatic rings. The molecular formula is C13H14N4S2. The topological polar surface area (TPSA) is 50.7 Å². The third-order valence-corrected chi connectivity index (χ3v) is 5.10. The van der Waals surface area contributed by atoms with E-state index >= 15 is 0 Å². The first-order valence-corrected chi connectivity index (χ1v) is 7.73. The second kappa shape index (κ2) is 4.86. The zero-order valence-corrected chi connectivity index (χ0v) is 12.6. The fraction of sp³-hybridized carbons (Fsp3) is 0.308. The summed E-state index contributed by atoms with van der Waals surface area (Å²) in [5, 5.41) is 6.61. The van der Waals surface area contributed by atoms with Crippen LogP contribution in [0.15, 0.2) is 17.8 Å². The molecule has 0 aromatic carbocycles. The summed E-state index contributed by atoms with van der Waals surface area (Å²) in [6.45, 7) is 6.23. The van der Waals surface area contributed by atoms with Gasteiger partial charge in [-0.2, -0.15) is 0 Å². The van der Waals surface area contributed by atoms with Crippen molar-refractivity contribution >= 4 is 38.7 Å². The van der Waals surface area contributed by atoms with Crippen molar-refractivity contribution in [1.82, 2.24) is 15.0 Å². The van der Waals surface area contributed by atoms with Gasteiger partial charge in [-0.1, -0.05) is 0 Å². The predicted molar refractivity (Wildman–Crippen MR) is 81.0 cm³/mol. The number of hydrogen-bond donors (Lipinski definition) is 1. The summed E-state index contributed by atoms with van der Waals surface area (Å²) >= 11 is 3.40. The van der Waals surface area contributed by atoms with Crippen LogP contribution in [0, 0.1) is 13.8 Å². The van der Waals surface area contributed by atoms with Crippen molar-refractivity contribution in [1.29, 1.82) is 0 Å². The molecule has 6 heteroatoms. The quantitative estimate of drug-likeness (QED) is 0.794. The Labute approximate surface area is 119 Å². The van der Waals surface area contributed by atoms with Gasteiger partial charge in [0.25, 0.3) is 0 Å². The molecule has 1 unspecified atom stereocenters. The van der Waals surface area contributed by atoms with Crippen LogP contribution in [0.2, 0.25) is 0 Å². The molecule has 98 valence electrons. The summed E-state index contributed by atoms with van der Waals surface area (Å²) in [6.07, 6.45) is 1.61. The lowest BCUT2D eigenvalue weighted by molar-refractivity contribution is 0.881. The van der Waals surface area contributed by atoms with E-state index in [1.54, 1.807) is 29.0 Å². The molecule has 0 saturated heterocycles. The Morgan fingerprint density at radius 2 is 2.11 bits per heavy atom. The highest BCUT2D eigenvalue weighted by Crippen LogP contribution is 2.30. The highest BCUT2D eigenvalue weighted by atomic mass is 32.1. The highest BCUT2D eigenvalue weighted by molar-refractivity contribution is 7.17. The minimum absolute atomic E-state index is 0.200. The normalized spacial score (nSPS) is 12.8. The number of fused-ring (bicyclic) bond motifs is 1. The summed E-state index contributed by atoms with van der Waals surface area (Å²) in [5.74, 6) is 0.901. The zero-order valence-electron chi connectivity index (χ0n) is 11.0. The summed E-state index contributed by atoms with van der Waals surface area (Å²) in [4.78, 5) is 14.3. The number of hydrogen-bond acceptors (Lipinski definition) is 6. The average molecular weight is 290 g/mol. The number of nitrogens with zero attached hydrogens (tertiary/aromatic N) is 3. The molecule has 3 aromatic heterocycles. The maximum Gasteiger partial charge on any atom is 0.147 e. The first kappa shape index (κ1) is 12.5. The number of nitrogens with one attached hydrogen (secondary N) is 1. The SMILES string of the molecule is Cc1nc(C)c(C(C)Nc2ncnc3ccsc23)s1. The minimum Gasteiger partial charge on any atom is -0.361 e. The Balaban J connectivity index is 1.92.